The van der Waals surface area contributed by atoms with Crippen LogP contribution in [0.1, 0.15) is 36.0 Å². The summed E-state index contributed by atoms with van der Waals surface area (Å²) in [6.45, 7) is 2.17. The minimum Gasteiger partial charge on any atom is -0.381 e. The highest BCUT2D eigenvalue weighted by molar-refractivity contribution is 14.1. The number of hydrogen-bond donors (Lipinski definition) is 0. The molecule has 5 heteroatoms. The van der Waals surface area contributed by atoms with Gasteiger partial charge in [0.15, 0.2) is 5.78 Å². The predicted octanol–water partition coefficient (Wildman–Crippen LogP) is 4.21. The summed E-state index contributed by atoms with van der Waals surface area (Å²) in [5.41, 5.74) is 0.702. The van der Waals surface area contributed by atoms with E-state index in [0.29, 0.717) is 6.61 Å². The van der Waals surface area contributed by atoms with Crippen LogP contribution in [0.2, 0.25) is 0 Å². The maximum absolute atomic E-state index is 12.9. The lowest BCUT2D eigenvalue weighted by Crippen LogP contribution is -2.46. The van der Waals surface area contributed by atoms with Crippen LogP contribution >= 0.6 is 38.5 Å². The van der Waals surface area contributed by atoms with Gasteiger partial charge >= 0.3 is 0 Å². The third kappa shape index (κ3) is 3.51. The maximum Gasteiger partial charge on any atom is 0.167 e. The van der Waals surface area contributed by atoms with Crippen LogP contribution in [-0.2, 0) is 9.47 Å². The first-order chi connectivity index (χ1) is 10.1. The van der Waals surface area contributed by atoms with E-state index in [9.17, 15) is 4.79 Å². The molecule has 0 radical (unpaired) electrons. The standard InChI is InChI=1S/C16H18BrIO3/c17-12-1-2-14(18)13(9-12)15(19)11-3-6-21-16(10-11)4-7-20-8-5-16/h1-2,9,11H,3-8,10H2. The zero-order valence-electron chi connectivity index (χ0n) is 11.7. The van der Waals surface area contributed by atoms with Crippen molar-refractivity contribution in [3.8, 4) is 0 Å². The number of hydrogen-bond acceptors (Lipinski definition) is 3. The molecule has 1 aromatic rings. The van der Waals surface area contributed by atoms with Crippen molar-refractivity contribution in [1.29, 1.82) is 0 Å². The zero-order chi connectivity index (χ0) is 14.9. The molecule has 2 heterocycles. The van der Waals surface area contributed by atoms with Gasteiger partial charge in [0.25, 0.3) is 0 Å². The highest BCUT2D eigenvalue weighted by Gasteiger charge is 2.41. The Morgan fingerprint density at radius 2 is 2.05 bits per heavy atom. The summed E-state index contributed by atoms with van der Waals surface area (Å²) in [5.74, 6) is 0.328. The van der Waals surface area contributed by atoms with Gasteiger partial charge in [-0.05, 0) is 66.5 Å². The van der Waals surface area contributed by atoms with E-state index < -0.39 is 0 Å². The lowest BCUT2D eigenvalue weighted by Gasteiger charge is -2.43. The summed E-state index contributed by atoms with van der Waals surface area (Å²) in [4.78, 5) is 12.9. The van der Waals surface area contributed by atoms with Crippen LogP contribution in [0.15, 0.2) is 22.7 Å². The van der Waals surface area contributed by atoms with Crippen molar-refractivity contribution in [1.82, 2.24) is 0 Å². The molecule has 0 aliphatic carbocycles. The van der Waals surface area contributed by atoms with Crippen LogP contribution in [0, 0.1) is 9.49 Å². The molecule has 1 aromatic carbocycles. The number of ether oxygens (including phenoxy) is 2. The molecule has 21 heavy (non-hydrogen) atoms. The van der Waals surface area contributed by atoms with Crippen molar-refractivity contribution < 1.29 is 14.3 Å². The Morgan fingerprint density at radius 1 is 1.29 bits per heavy atom. The molecule has 3 rings (SSSR count). The van der Waals surface area contributed by atoms with Crippen LogP contribution in [-0.4, -0.2) is 31.2 Å². The number of halogens is 2. The second-order valence-corrected chi connectivity index (χ2v) is 7.90. The normalized spacial score (nSPS) is 25.0. The summed E-state index contributed by atoms with van der Waals surface area (Å²) < 4.78 is 13.5. The number of Topliss-reactive ketones (excluding diaryl/α,β-unsaturated/α-hetero) is 1. The van der Waals surface area contributed by atoms with Gasteiger partial charge < -0.3 is 9.47 Å². The van der Waals surface area contributed by atoms with Gasteiger partial charge in [-0.15, -0.1) is 0 Å². The van der Waals surface area contributed by atoms with Gasteiger partial charge in [-0.25, -0.2) is 0 Å². The minimum atomic E-state index is -0.131. The van der Waals surface area contributed by atoms with Gasteiger partial charge in [0.05, 0.1) is 5.60 Å². The lowest BCUT2D eigenvalue weighted by atomic mass is 9.78. The minimum absolute atomic E-state index is 0.0691. The van der Waals surface area contributed by atoms with E-state index in [2.05, 4.69) is 38.5 Å². The number of carbonyl (C=O) groups is 1. The molecule has 0 aromatic heterocycles. The molecule has 114 valence electrons. The Bertz CT molecular complexity index is 535. The third-order valence-electron chi connectivity index (χ3n) is 4.46. The maximum atomic E-state index is 12.9. The molecular weight excluding hydrogens is 447 g/mol. The highest BCUT2D eigenvalue weighted by Crippen LogP contribution is 2.38. The van der Waals surface area contributed by atoms with Gasteiger partial charge in [0.1, 0.15) is 0 Å². The van der Waals surface area contributed by atoms with Gasteiger partial charge in [0, 0.05) is 39.3 Å². The molecule has 0 bridgehead atoms. The summed E-state index contributed by atoms with van der Waals surface area (Å²) in [5, 5.41) is 0. The second kappa shape index (κ2) is 6.64. The topological polar surface area (TPSA) is 35.5 Å². The third-order valence-corrected chi connectivity index (χ3v) is 5.90. The van der Waals surface area contributed by atoms with Crippen LogP contribution in [0.4, 0.5) is 0 Å². The van der Waals surface area contributed by atoms with E-state index >= 15 is 0 Å². The van der Waals surface area contributed by atoms with Crippen molar-refractivity contribution >= 4 is 44.3 Å². The number of ketones is 1. The van der Waals surface area contributed by atoms with Gasteiger partial charge in [-0.3, -0.25) is 4.79 Å². The monoisotopic (exact) mass is 464 g/mol. The SMILES string of the molecule is O=C(c1cc(Br)ccc1I)C1CCOC2(CCOCC2)C1. The Kier molecular flexibility index (Phi) is 5.03. The molecule has 1 spiro atoms. The van der Waals surface area contributed by atoms with Crippen LogP contribution < -0.4 is 0 Å². The van der Waals surface area contributed by atoms with Gasteiger partial charge in [-0.1, -0.05) is 15.9 Å². The fourth-order valence-electron chi connectivity index (χ4n) is 3.25. The van der Waals surface area contributed by atoms with Gasteiger partial charge in [0.2, 0.25) is 0 Å². The highest BCUT2D eigenvalue weighted by atomic mass is 127. The Balaban J connectivity index is 1.79. The molecule has 2 aliphatic heterocycles. The molecule has 0 saturated carbocycles. The fourth-order valence-corrected chi connectivity index (χ4v) is 4.21. The molecule has 0 amide bonds. The summed E-state index contributed by atoms with van der Waals surface area (Å²) in [6, 6.07) is 5.90. The fraction of sp³-hybridized carbons (Fsp3) is 0.562. The number of rotatable bonds is 2. The largest absolute Gasteiger partial charge is 0.381 e. The van der Waals surface area contributed by atoms with Crippen molar-refractivity contribution in [2.45, 2.75) is 31.3 Å². The van der Waals surface area contributed by atoms with E-state index in [-0.39, 0.29) is 17.3 Å². The van der Waals surface area contributed by atoms with E-state index in [1.807, 2.05) is 18.2 Å². The Labute approximate surface area is 147 Å². The zero-order valence-corrected chi connectivity index (χ0v) is 15.5. The quantitative estimate of drug-likeness (QED) is 0.485. The molecule has 3 nitrogen and oxygen atoms in total. The van der Waals surface area contributed by atoms with E-state index in [1.165, 1.54) is 0 Å². The first-order valence-electron chi connectivity index (χ1n) is 7.31. The predicted molar refractivity (Wildman–Crippen MR) is 92.6 cm³/mol. The van der Waals surface area contributed by atoms with Crippen molar-refractivity contribution in [2.24, 2.45) is 5.92 Å². The van der Waals surface area contributed by atoms with Crippen molar-refractivity contribution in [3.63, 3.8) is 0 Å². The van der Waals surface area contributed by atoms with Crippen molar-refractivity contribution in [3.05, 3.63) is 31.8 Å². The second-order valence-electron chi connectivity index (χ2n) is 5.82. The average Bonchev–Trinajstić information content (AvgIpc) is 2.50. The molecular formula is C16H18BrIO3. The Hall–Kier alpha value is 0.0200. The summed E-state index contributed by atoms with van der Waals surface area (Å²) in [7, 11) is 0. The van der Waals surface area contributed by atoms with Crippen molar-refractivity contribution in [2.75, 3.05) is 19.8 Å². The molecule has 2 fully saturated rings. The smallest absolute Gasteiger partial charge is 0.167 e. The van der Waals surface area contributed by atoms with Crippen LogP contribution in [0.5, 0.6) is 0 Å². The lowest BCUT2D eigenvalue weighted by molar-refractivity contribution is -0.142. The van der Waals surface area contributed by atoms with Crippen LogP contribution in [0.25, 0.3) is 0 Å². The molecule has 1 atom stereocenters. The van der Waals surface area contributed by atoms with E-state index in [1.54, 1.807) is 0 Å². The summed E-state index contributed by atoms with van der Waals surface area (Å²) >= 11 is 5.70. The first-order valence-corrected chi connectivity index (χ1v) is 9.18. The van der Waals surface area contributed by atoms with Crippen LogP contribution in [0.3, 0.4) is 0 Å². The average molecular weight is 465 g/mol. The Morgan fingerprint density at radius 3 is 2.81 bits per heavy atom. The molecule has 0 N–H and O–H groups in total. The number of carbonyl (C=O) groups excluding carboxylic acids is 1. The first kappa shape index (κ1) is 15.9. The van der Waals surface area contributed by atoms with E-state index in [4.69, 9.17) is 9.47 Å². The molecule has 1 unspecified atom stereocenters. The molecule has 2 aliphatic rings. The molecule has 2 saturated heterocycles. The summed E-state index contributed by atoms with van der Waals surface area (Å²) in [6.07, 6.45) is 3.47. The number of benzene rings is 1. The van der Waals surface area contributed by atoms with E-state index in [0.717, 1.165) is 52.5 Å². The van der Waals surface area contributed by atoms with Gasteiger partial charge in [-0.2, -0.15) is 0 Å².